The number of sulfonamides is 1. The third-order valence-corrected chi connectivity index (χ3v) is 12.7. The van der Waals surface area contributed by atoms with Crippen molar-refractivity contribution in [2.75, 3.05) is 0 Å². The Hall–Kier alpha value is -1.68. The summed E-state index contributed by atoms with van der Waals surface area (Å²) in [5.41, 5.74) is 2.58. The highest BCUT2D eigenvalue weighted by molar-refractivity contribution is 8.06. The highest BCUT2D eigenvalue weighted by Crippen LogP contribution is 2.49. The van der Waals surface area contributed by atoms with E-state index in [0.29, 0.717) is 23.3 Å². The van der Waals surface area contributed by atoms with E-state index in [9.17, 15) is 13.2 Å². The molecule has 9 heteroatoms. The third-order valence-electron chi connectivity index (χ3n) is 6.88. The van der Waals surface area contributed by atoms with Crippen LogP contribution in [0.5, 0.6) is 0 Å². The van der Waals surface area contributed by atoms with Crippen molar-refractivity contribution in [1.29, 1.82) is 0 Å². The second kappa shape index (κ2) is 13.4. The van der Waals surface area contributed by atoms with Crippen LogP contribution in [0.2, 0.25) is 0 Å². The summed E-state index contributed by atoms with van der Waals surface area (Å²) in [6.07, 6.45) is 8.32. The number of rotatable bonds is 8. The number of Topliss-reactive ketones (excluding diaryl/α,β-unsaturated/α-hetero) is 1. The Labute approximate surface area is 285 Å². The maximum atomic E-state index is 13.9. The van der Waals surface area contributed by atoms with Crippen molar-refractivity contribution in [2.24, 2.45) is 10.8 Å². The van der Waals surface area contributed by atoms with Crippen LogP contribution in [0.3, 0.4) is 0 Å². The molecule has 2 heterocycles. The monoisotopic (exact) mass is 690 g/mol. The number of carbonyl (C=O) groups excluding carboxylic acids is 1. The van der Waals surface area contributed by atoms with E-state index in [0.717, 1.165) is 21.3 Å². The Kier molecular flexibility index (Phi) is 11.3. The van der Waals surface area contributed by atoms with Gasteiger partial charge in [-0.3, -0.25) is 9.52 Å². The van der Waals surface area contributed by atoms with Crippen molar-refractivity contribution in [2.45, 2.75) is 128 Å². The van der Waals surface area contributed by atoms with Crippen molar-refractivity contribution in [1.82, 2.24) is 4.72 Å². The van der Waals surface area contributed by atoms with Crippen molar-refractivity contribution in [3.05, 3.63) is 68.2 Å². The minimum atomic E-state index is -3.72. The molecule has 0 saturated carbocycles. The lowest BCUT2D eigenvalue weighted by molar-refractivity contribution is -0.112. The van der Waals surface area contributed by atoms with Crippen LogP contribution < -0.4 is 4.72 Å². The molecule has 5 nitrogen and oxygen atoms in total. The molecule has 45 heavy (non-hydrogen) atoms. The van der Waals surface area contributed by atoms with Gasteiger partial charge in [-0.25, -0.2) is 8.42 Å². The molecule has 0 aromatic carbocycles. The zero-order valence-corrected chi connectivity index (χ0v) is 32.8. The predicted molar refractivity (Wildman–Crippen MR) is 197 cm³/mol. The third kappa shape index (κ3) is 10.4. The minimum absolute atomic E-state index is 0.0809. The SMILES string of the molecule is CCC(C)S(=O)(=O)NC1=C(C=C2C=C(C(C)(C)C)SC(C(C)(C)C)=C2)C(=O)C1=Cc1cc(SC(C)(C)C)[o+]c(SC(C)(C)C)c1. The number of hydrogen-bond donors (Lipinski definition) is 1. The first kappa shape index (κ1) is 37.8. The lowest BCUT2D eigenvalue weighted by atomic mass is 9.83. The summed E-state index contributed by atoms with van der Waals surface area (Å²) in [5.74, 6) is -0.185. The van der Waals surface area contributed by atoms with Gasteiger partial charge in [-0.15, -0.1) is 0 Å². The smallest absolute Gasteiger partial charge is 0.288 e. The fourth-order valence-corrected chi connectivity index (χ4v) is 8.54. The molecule has 0 radical (unpaired) electrons. The van der Waals surface area contributed by atoms with Crippen molar-refractivity contribution in [3.8, 4) is 0 Å². The summed E-state index contributed by atoms with van der Waals surface area (Å²) in [4.78, 5) is 16.3. The quantitative estimate of drug-likeness (QED) is 0.165. The molecular formula is C36H52NO4S4+. The summed E-state index contributed by atoms with van der Waals surface area (Å²) in [6, 6.07) is 3.85. The van der Waals surface area contributed by atoms with Crippen LogP contribution in [0.15, 0.2) is 77.2 Å². The first-order valence-electron chi connectivity index (χ1n) is 15.5. The lowest BCUT2D eigenvalue weighted by Crippen LogP contribution is -2.38. The zero-order chi connectivity index (χ0) is 34.3. The maximum Gasteiger partial charge on any atom is 0.389 e. The first-order chi connectivity index (χ1) is 20.3. The molecule has 1 aromatic heterocycles. The fraction of sp³-hybridized carbons (Fsp3) is 0.556. The van der Waals surface area contributed by atoms with E-state index in [1.165, 1.54) is 9.81 Å². The standard InChI is InChI=1S/C36H51NO4S4/c1-15-22(2)45(39,40)37-31-25(16-23-18-27(33(3,4)5)42-28(19-23)34(6,7)8)32(38)26(31)17-24-20-29(43-35(9,10)11)41-30(21-24)44-36(12,13)14/h16-22H,15H2,1-14H3/p+1. The van der Waals surface area contributed by atoms with Gasteiger partial charge in [-0.05, 0) is 92.9 Å². The maximum absolute atomic E-state index is 13.9. The summed E-state index contributed by atoms with van der Waals surface area (Å²) in [7, 11) is -3.72. The van der Waals surface area contributed by atoms with Gasteiger partial charge in [0, 0.05) is 20.6 Å². The summed E-state index contributed by atoms with van der Waals surface area (Å²) >= 11 is 5.00. The molecule has 0 amide bonds. The number of hydrogen-bond acceptors (Lipinski definition) is 6. The molecule has 1 aromatic rings. The topological polar surface area (TPSA) is 74.5 Å². The summed E-state index contributed by atoms with van der Waals surface area (Å²) in [5, 5.41) is 0.868. The number of nitrogens with one attached hydrogen (secondary N) is 1. The Morgan fingerprint density at radius 1 is 0.844 bits per heavy atom. The van der Waals surface area contributed by atoms with Crippen molar-refractivity contribution in [3.63, 3.8) is 0 Å². The average molecular weight is 691 g/mol. The second-order valence-electron chi connectivity index (χ2n) is 15.8. The highest BCUT2D eigenvalue weighted by Gasteiger charge is 2.37. The molecule has 248 valence electrons. The Morgan fingerprint density at radius 2 is 1.31 bits per heavy atom. The van der Waals surface area contributed by atoms with Crippen LogP contribution >= 0.6 is 35.3 Å². The fourth-order valence-electron chi connectivity index (χ4n) is 4.24. The van der Waals surface area contributed by atoms with Gasteiger partial charge in [0.15, 0.2) is 5.78 Å². The van der Waals surface area contributed by atoms with Gasteiger partial charge in [0.25, 0.3) is 0 Å². The van der Waals surface area contributed by atoms with Gasteiger partial charge in [0.1, 0.15) is 0 Å². The molecule has 1 atom stereocenters. The molecule has 1 aliphatic heterocycles. The van der Waals surface area contributed by atoms with Crippen molar-refractivity contribution >= 4 is 57.2 Å². The molecule has 3 rings (SSSR count). The van der Waals surface area contributed by atoms with Crippen LogP contribution in [-0.2, 0) is 14.8 Å². The molecule has 0 saturated heterocycles. The van der Waals surface area contributed by atoms with Gasteiger partial charge in [0.05, 0.1) is 23.1 Å². The van der Waals surface area contributed by atoms with Crippen LogP contribution in [0.25, 0.3) is 6.08 Å². The Bertz CT molecular complexity index is 1530. The number of ketones is 1. The molecule has 1 unspecified atom stereocenters. The second-order valence-corrected chi connectivity index (χ2v) is 22.6. The molecule has 1 N–H and O–H groups in total. The predicted octanol–water partition coefficient (Wildman–Crippen LogP) is 10.8. The number of carbonyl (C=O) groups is 1. The van der Waals surface area contributed by atoms with Gasteiger partial charge in [0.2, 0.25) is 10.0 Å². The molecule has 0 fully saturated rings. The van der Waals surface area contributed by atoms with E-state index in [1.54, 1.807) is 48.3 Å². The normalized spacial score (nSPS) is 18.5. The van der Waals surface area contributed by atoms with Crippen LogP contribution in [0, 0.1) is 10.8 Å². The summed E-state index contributed by atoms with van der Waals surface area (Å²) < 4.78 is 35.6. The lowest BCUT2D eigenvalue weighted by Gasteiger charge is -2.32. The van der Waals surface area contributed by atoms with Gasteiger partial charge in [-0.1, -0.05) is 102 Å². The minimum Gasteiger partial charge on any atom is -0.288 e. The molecule has 1 aliphatic carbocycles. The molecule has 0 spiro atoms. The molecule has 0 bridgehead atoms. The summed E-state index contributed by atoms with van der Waals surface area (Å²) in [6.45, 7) is 29.3. The Balaban J connectivity index is 2.25. The van der Waals surface area contributed by atoms with E-state index < -0.39 is 15.3 Å². The highest BCUT2D eigenvalue weighted by atomic mass is 32.2. The van der Waals surface area contributed by atoms with Crippen LogP contribution in [0.4, 0.5) is 0 Å². The van der Waals surface area contributed by atoms with Gasteiger partial charge in [-0.2, -0.15) is 4.42 Å². The first-order valence-corrected chi connectivity index (χ1v) is 19.5. The Morgan fingerprint density at radius 3 is 1.71 bits per heavy atom. The van der Waals surface area contributed by atoms with E-state index in [4.69, 9.17) is 4.42 Å². The number of allylic oxidation sites excluding steroid dienone is 8. The van der Waals surface area contributed by atoms with E-state index in [1.807, 2.05) is 25.1 Å². The molecule has 2 aliphatic rings. The zero-order valence-electron chi connectivity index (χ0n) is 29.5. The largest absolute Gasteiger partial charge is 0.389 e. The van der Waals surface area contributed by atoms with E-state index >= 15 is 0 Å². The van der Waals surface area contributed by atoms with E-state index in [2.05, 4.69) is 100.0 Å². The van der Waals surface area contributed by atoms with Crippen LogP contribution in [0.1, 0.15) is 109 Å². The van der Waals surface area contributed by atoms with Crippen LogP contribution in [-0.4, -0.2) is 28.9 Å². The van der Waals surface area contributed by atoms with Gasteiger partial charge < -0.3 is 0 Å². The molecular weight excluding hydrogens is 639 g/mol. The van der Waals surface area contributed by atoms with E-state index in [-0.39, 0.29) is 26.1 Å². The average Bonchev–Trinajstić information content (AvgIpc) is 2.85. The number of thioether (sulfide) groups is 3. The van der Waals surface area contributed by atoms with Gasteiger partial charge >= 0.3 is 10.2 Å². The van der Waals surface area contributed by atoms with Crippen molar-refractivity contribution < 1.29 is 17.6 Å².